The molecule has 0 aromatic heterocycles. The van der Waals surface area contributed by atoms with Gasteiger partial charge in [-0.15, -0.1) is 0 Å². The first-order chi connectivity index (χ1) is 28.7. The van der Waals surface area contributed by atoms with E-state index in [2.05, 4.69) is 5.32 Å². The highest BCUT2D eigenvalue weighted by molar-refractivity contribution is 7.90. The quantitative estimate of drug-likeness (QED) is 0.124. The molecule has 0 aliphatic carbocycles. The van der Waals surface area contributed by atoms with Gasteiger partial charge in [0.15, 0.2) is 23.0 Å². The van der Waals surface area contributed by atoms with Crippen molar-refractivity contribution in [2.75, 3.05) is 62.5 Å². The molecular weight excluding hydrogens is 833 g/mol. The first-order valence-electron chi connectivity index (χ1n) is 18.8. The van der Waals surface area contributed by atoms with Gasteiger partial charge in [0.05, 0.1) is 79.0 Å². The summed E-state index contributed by atoms with van der Waals surface area (Å²) in [7, 11) is -4.19. The number of carbonyl (C=O) groups is 5. The zero-order valence-corrected chi connectivity index (χ0v) is 36.1. The van der Waals surface area contributed by atoms with Crippen LogP contribution in [0.1, 0.15) is 85.4 Å². The van der Waals surface area contributed by atoms with Crippen LogP contribution in [0.25, 0.3) is 0 Å². The van der Waals surface area contributed by atoms with Gasteiger partial charge in [-0.3, -0.25) is 33.8 Å². The molecule has 2 heterocycles. The third-order valence-electron chi connectivity index (χ3n) is 9.52. The van der Waals surface area contributed by atoms with Crippen molar-refractivity contribution in [3.8, 4) is 23.0 Å². The van der Waals surface area contributed by atoms with Gasteiger partial charge < -0.3 is 30.0 Å². The number of nitrogen functional groups attached to an aromatic ring is 1. The average molecular weight is 879 g/mol. The maximum atomic E-state index is 13.3. The van der Waals surface area contributed by atoms with Gasteiger partial charge in [-0.1, -0.05) is 24.3 Å². The molecule has 324 valence electrons. The number of hydrogen-bond acceptors (Lipinski definition) is 14. The third kappa shape index (κ3) is 9.95. The number of ether oxygens (including phenoxy) is 4. The lowest BCUT2D eigenvalue weighted by molar-refractivity contribution is -0.114. The van der Waals surface area contributed by atoms with Gasteiger partial charge in [-0.2, -0.15) is 0 Å². The van der Waals surface area contributed by atoms with Crippen LogP contribution in [0.15, 0.2) is 72.8 Å². The van der Waals surface area contributed by atoms with Gasteiger partial charge in [-0.05, 0) is 73.5 Å². The van der Waals surface area contributed by atoms with E-state index >= 15 is 0 Å². The largest absolute Gasteiger partial charge is 0.493 e. The number of anilines is 2. The van der Waals surface area contributed by atoms with Crippen molar-refractivity contribution in [2.24, 2.45) is 0 Å². The second kappa shape index (κ2) is 18.4. The smallest absolute Gasteiger partial charge is 0.264 e. The van der Waals surface area contributed by atoms with Crippen LogP contribution < -0.4 is 30.0 Å². The molecule has 6 rings (SSSR count). The Bertz CT molecular complexity index is 2630. The second-order valence-corrected chi connectivity index (χ2v) is 18.4. The zero-order valence-electron chi connectivity index (χ0n) is 34.5. The Morgan fingerprint density at radius 2 is 1.07 bits per heavy atom. The molecule has 2 atom stereocenters. The monoisotopic (exact) mass is 878 g/mol. The minimum absolute atomic E-state index is 0.0322. The molecule has 0 saturated heterocycles. The lowest BCUT2D eigenvalue weighted by Crippen LogP contribution is -2.37. The molecule has 0 radical (unpaired) electrons. The summed E-state index contributed by atoms with van der Waals surface area (Å²) in [5, 5.41) is 2.55. The molecule has 61 heavy (non-hydrogen) atoms. The minimum atomic E-state index is -3.60. The van der Waals surface area contributed by atoms with Gasteiger partial charge in [0.25, 0.3) is 23.6 Å². The van der Waals surface area contributed by atoms with Crippen molar-refractivity contribution >= 4 is 60.6 Å². The fraction of sp³-hybridized carbons (Fsp3) is 0.310. The van der Waals surface area contributed by atoms with E-state index in [4.69, 9.17) is 24.7 Å². The number of carbonyl (C=O) groups excluding carboxylic acids is 5. The average Bonchev–Trinajstić information content (AvgIpc) is 3.60. The number of nitrogens with zero attached hydrogens (tertiary/aromatic N) is 2. The molecule has 19 heteroatoms. The molecule has 3 N–H and O–H groups in total. The highest BCUT2D eigenvalue weighted by Gasteiger charge is 2.44. The Morgan fingerprint density at radius 3 is 1.46 bits per heavy atom. The Balaban J connectivity index is 0.000000232. The Kier molecular flexibility index (Phi) is 13.8. The number of nitrogens with one attached hydrogen (secondary N) is 1. The standard InChI is InChI=1S/C22H24N2O7S.C20H22N2O6S/c1-5-31-19-11-14(9-10-18(19)30-3)17(12-32(4,28)29)24-21(26)15-7-6-8-16(23-13(2)25)20(15)22(24)27;1-4-28-17-10-12(8-9-16(17)27-2)15(11-29(3,25)26)22-19(23)13-6-5-7-14(21)18(13)20(22)24/h6-11,17H,5,12H2,1-4H3,(H,23,25);5-10,15H,4,11,21H2,1-3H3/t17-;15-/m11/s1. The number of imide groups is 2. The molecule has 0 unspecified atom stereocenters. The molecule has 2 aliphatic rings. The van der Waals surface area contributed by atoms with Crippen LogP contribution in [0.2, 0.25) is 0 Å². The lowest BCUT2D eigenvalue weighted by Gasteiger charge is -2.27. The Morgan fingerprint density at radius 1 is 0.639 bits per heavy atom. The van der Waals surface area contributed by atoms with Crippen molar-refractivity contribution in [3.63, 3.8) is 0 Å². The second-order valence-electron chi connectivity index (χ2n) is 14.0. The van der Waals surface area contributed by atoms with Crippen molar-refractivity contribution in [1.29, 1.82) is 0 Å². The van der Waals surface area contributed by atoms with Crippen molar-refractivity contribution in [3.05, 3.63) is 106 Å². The summed E-state index contributed by atoms with van der Waals surface area (Å²) in [6, 6.07) is 16.6. The predicted octanol–water partition coefficient (Wildman–Crippen LogP) is 4.49. The molecule has 0 fully saturated rings. The number of hydrogen-bond donors (Lipinski definition) is 2. The SMILES string of the molecule is CCOc1cc([C@@H](CS(C)(=O)=O)N2C(=O)c3cccc(N)c3C2=O)ccc1OC.CCOc1cc([C@@H](CS(C)(=O)=O)N2C(=O)c3cccc(NC(C)=O)c3C2=O)ccc1OC. The van der Waals surface area contributed by atoms with Crippen LogP contribution in [0.5, 0.6) is 23.0 Å². The number of fused-ring (bicyclic) bond motifs is 2. The van der Waals surface area contributed by atoms with Crippen LogP contribution in [0.3, 0.4) is 0 Å². The van der Waals surface area contributed by atoms with Gasteiger partial charge in [0.1, 0.15) is 19.7 Å². The molecule has 0 spiro atoms. The molecular formula is C42H46N4O13S2. The lowest BCUT2D eigenvalue weighted by atomic mass is 10.1. The fourth-order valence-corrected chi connectivity index (χ4v) is 8.87. The Labute approximate surface area is 353 Å². The highest BCUT2D eigenvalue weighted by atomic mass is 32.2. The number of sulfone groups is 2. The van der Waals surface area contributed by atoms with Crippen LogP contribution in [0.4, 0.5) is 11.4 Å². The van der Waals surface area contributed by atoms with E-state index in [-0.39, 0.29) is 33.6 Å². The molecule has 2 aliphatic heterocycles. The maximum absolute atomic E-state index is 13.3. The number of methoxy groups -OCH3 is 2. The number of benzene rings is 4. The number of rotatable bonds is 15. The molecule has 4 aromatic carbocycles. The minimum Gasteiger partial charge on any atom is -0.493 e. The summed E-state index contributed by atoms with van der Waals surface area (Å²) in [5.41, 5.74) is 7.48. The highest BCUT2D eigenvalue weighted by Crippen LogP contribution is 2.40. The summed E-state index contributed by atoms with van der Waals surface area (Å²) < 4.78 is 70.4. The molecule has 4 aromatic rings. The summed E-state index contributed by atoms with van der Waals surface area (Å²) in [6.45, 7) is 5.57. The first-order valence-corrected chi connectivity index (χ1v) is 22.9. The number of nitrogens with two attached hydrogens (primary N) is 1. The van der Waals surface area contributed by atoms with Gasteiger partial charge in [0, 0.05) is 25.1 Å². The normalized spacial score (nSPS) is 14.4. The van der Waals surface area contributed by atoms with Crippen molar-refractivity contribution in [1.82, 2.24) is 9.80 Å². The van der Waals surface area contributed by atoms with E-state index in [9.17, 15) is 40.8 Å². The summed E-state index contributed by atoms with van der Waals surface area (Å²) in [5.74, 6) is -2.20. The Hall–Kier alpha value is -6.47. The van der Waals surface area contributed by atoms with Gasteiger partial charge in [-0.25, -0.2) is 16.8 Å². The maximum Gasteiger partial charge on any atom is 0.264 e. The summed E-state index contributed by atoms with van der Waals surface area (Å²) in [4.78, 5) is 66.0. The van der Waals surface area contributed by atoms with Crippen molar-refractivity contribution in [2.45, 2.75) is 32.9 Å². The van der Waals surface area contributed by atoms with Crippen LogP contribution >= 0.6 is 0 Å². The first kappa shape index (κ1) is 45.6. The van der Waals surface area contributed by atoms with Crippen molar-refractivity contribution < 1.29 is 59.8 Å². The van der Waals surface area contributed by atoms with E-state index in [1.807, 2.05) is 0 Å². The van der Waals surface area contributed by atoms with Gasteiger partial charge in [0.2, 0.25) is 5.91 Å². The summed E-state index contributed by atoms with van der Waals surface area (Å²) in [6.07, 6.45) is 2.09. The number of amides is 5. The van der Waals surface area contributed by atoms with Crippen LogP contribution in [-0.4, -0.2) is 108 Å². The fourth-order valence-electron chi connectivity index (χ4n) is 7.04. The van der Waals surface area contributed by atoms with Crippen LogP contribution in [-0.2, 0) is 24.5 Å². The molecule has 17 nitrogen and oxygen atoms in total. The van der Waals surface area contributed by atoms with Gasteiger partial charge >= 0.3 is 0 Å². The third-order valence-corrected chi connectivity index (χ3v) is 11.4. The van der Waals surface area contributed by atoms with Crippen LogP contribution in [0, 0.1) is 0 Å². The van der Waals surface area contributed by atoms with E-state index in [0.717, 1.165) is 22.3 Å². The van der Waals surface area contributed by atoms with E-state index in [1.54, 1.807) is 62.4 Å². The molecule has 5 amide bonds. The topological polar surface area (TPSA) is 235 Å². The summed E-state index contributed by atoms with van der Waals surface area (Å²) >= 11 is 0. The van der Waals surface area contributed by atoms with E-state index in [0.29, 0.717) is 47.3 Å². The zero-order chi connectivity index (χ0) is 45.0. The molecule has 0 bridgehead atoms. The van der Waals surface area contributed by atoms with E-state index in [1.165, 1.54) is 45.4 Å². The predicted molar refractivity (Wildman–Crippen MR) is 226 cm³/mol. The van der Waals surface area contributed by atoms with E-state index < -0.39 is 72.8 Å². The molecule has 0 saturated carbocycles.